The third kappa shape index (κ3) is 6.45. The van der Waals surface area contributed by atoms with Crippen LogP contribution in [0.3, 0.4) is 0 Å². The van der Waals surface area contributed by atoms with E-state index in [1.807, 2.05) is 59.3 Å². The van der Waals surface area contributed by atoms with Crippen LogP contribution in [0, 0.1) is 5.41 Å². The Morgan fingerprint density at radius 2 is 1.76 bits per heavy atom. The molecule has 33 heavy (non-hydrogen) atoms. The molecule has 0 bridgehead atoms. The Balaban J connectivity index is 1.98. The molecule has 1 aromatic heterocycles. The van der Waals surface area contributed by atoms with Crippen molar-refractivity contribution in [2.45, 2.75) is 46.8 Å². The average Bonchev–Trinajstić information content (AvgIpc) is 3.20. The molecule has 0 spiro atoms. The number of para-hydroxylation sites is 1. The SMILES string of the molecule is COC(=O)C(C)(C)OCc1cc(-c2cccc(OCC(C)(C)C)c2)n(-c2ccccc2Br)n1. The van der Waals surface area contributed by atoms with E-state index in [2.05, 4.69) is 36.7 Å². The lowest BCUT2D eigenvalue weighted by Crippen LogP contribution is -2.35. The Morgan fingerprint density at radius 3 is 2.42 bits per heavy atom. The van der Waals surface area contributed by atoms with Crippen LogP contribution in [0.1, 0.15) is 40.3 Å². The van der Waals surface area contributed by atoms with Crippen molar-refractivity contribution in [3.8, 4) is 22.7 Å². The molecule has 0 fully saturated rings. The number of aromatic nitrogens is 2. The highest BCUT2D eigenvalue weighted by molar-refractivity contribution is 9.10. The monoisotopic (exact) mass is 514 g/mol. The number of methoxy groups -OCH3 is 1. The largest absolute Gasteiger partial charge is 0.493 e. The summed E-state index contributed by atoms with van der Waals surface area (Å²) < 4.78 is 19.5. The fraction of sp³-hybridized carbons (Fsp3) is 0.385. The summed E-state index contributed by atoms with van der Waals surface area (Å²) >= 11 is 3.63. The second kappa shape index (κ2) is 10.1. The van der Waals surface area contributed by atoms with Gasteiger partial charge in [0.1, 0.15) is 5.75 Å². The topological polar surface area (TPSA) is 62.6 Å². The lowest BCUT2D eigenvalue weighted by molar-refractivity contribution is -0.166. The molecule has 3 rings (SSSR count). The van der Waals surface area contributed by atoms with Crippen molar-refractivity contribution in [3.05, 3.63) is 64.8 Å². The molecule has 176 valence electrons. The van der Waals surface area contributed by atoms with Gasteiger partial charge >= 0.3 is 5.97 Å². The van der Waals surface area contributed by atoms with Crippen molar-refractivity contribution in [2.75, 3.05) is 13.7 Å². The van der Waals surface area contributed by atoms with Crippen LogP contribution in [-0.4, -0.2) is 35.1 Å². The first kappa shape index (κ1) is 25.0. The van der Waals surface area contributed by atoms with E-state index in [1.54, 1.807) is 13.8 Å². The van der Waals surface area contributed by atoms with Crippen molar-refractivity contribution >= 4 is 21.9 Å². The minimum Gasteiger partial charge on any atom is -0.493 e. The molecule has 0 N–H and O–H groups in total. The summed E-state index contributed by atoms with van der Waals surface area (Å²) in [4.78, 5) is 12.0. The van der Waals surface area contributed by atoms with Gasteiger partial charge < -0.3 is 14.2 Å². The van der Waals surface area contributed by atoms with Crippen molar-refractivity contribution in [1.29, 1.82) is 0 Å². The highest BCUT2D eigenvalue weighted by atomic mass is 79.9. The van der Waals surface area contributed by atoms with Crippen LogP contribution in [0.4, 0.5) is 0 Å². The second-order valence-electron chi connectivity index (χ2n) is 9.55. The Hall–Kier alpha value is -2.64. The number of esters is 1. The molecule has 0 aliphatic rings. The Kier molecular flexibility index (Phi) is 7.65. The highest BCUT2D eigenvalue weighted by Crippen LogP contribution is 2.31. The summed E-state index contributed by atoms with van der Waals surface area (Å²) in [7, 11) is 1.35. The molecule has 1 heterocycles. The predicted octanol–water partition coefficient (Wildman–Crippen LogP) is 6.19. The Morgan fingerprint density at radius 1 is 1.03 bits per heavy atom. The minimum atomic E-state index is -1.08. The maximum Gasteiger partial charge on any atom is 0.337 e. The van der Waals surface area contributed by atoms with Crippen LogP contribution in [0.5, 0.6) is 5.75 Å². The van der Waals surface area contributed by atoms with Gasteiger partial charge in [-0.2, -0.15) is 5.10 Å². The number of nitrogens with zero attached hydrogens (tertiary/aromatic N) is 2. The summed E-state index contributed by atoms with van der Waals surface area (Å²) in [6.07, 6.45) is 0. The van der Waals surface area contributed by atoms with Gasteiger partial charge in [-0.15, -0.1) is 0 Å². The van der Waals surface area contributed by atoms with Crippen molar-refractivity contribution in [3.63, 3.8) is 0 Å². The van der Waals surface area contributed by atoms with Crippen LogP contribution in [0.2, 0.25) is 0 Å². The number of hydrogen-bond donors (Lipinski definition) is 0. The molecule has 7 heteroatoms. The molecule has 0 amide bonds. The first-order valence-corrected chi connectivity index (χ1v) is 11.6. The standard InChI is InChI=1S/C26H31BrN2O4/c1-25(2,3)17-32-20-11-9-10-18(14-20)23-15-19(16-33-26(4,5)24(30)31-6)28-29(23)22-13-8-7-12-21(22)27/h7-15H,16-17H2,1-6H3. The highest BCUT2D eigenvalue weighted by Gasteiger charge is 2.30. The maximum atomic E-state index is 12.0. The maximum absolute atomic E-state index is 12.0. The van der Waals surface area contributed by atoms with Gasteiger partial charge in [-0.1, -0.05) is 45.0 Å². The van der Waals surface area contributed by atoms with Gasteiger partial charge in [0.25, 0.3) is 0 Å². The number of benzene rings is 2. The third-order valence-electron chi connectivity index (χ3n) is 4.90. The van der Waals surface area contributed by atoms with Gasteiger partial charge in [0.15, 0.2) is 5.60 Å². The van der Waals surface area contributed by atoms with E-state index in [0.29, 0.717) is 12.3 Å². The molecule has 0 atom stereocenters. The zero-order chi connectivity index (χ0) is 24.2. The quantitative estimate of drug-likeness (QED) is 0.335. The van der Waals surface area contributed by atoms with E-state index in [-0.39, 0.29) is 12.0 Å². The van der Waals surface area contributed by atoms with E-state index in [1.165, 1.54) is 7.11 Å². The van der Waals surface area contributed by atoms with Crippen LogP contribution in [0.15, 0.2) is 59.1 Å². The average molecular weight is 515 g/mol. The van der Waals surface area contributed by atoms with Crippen molar-refractivity contribution in [1.82, 2.24) is 9.78 Å². The van der Waals surface area contributed by atoms with E-state index < -0.39 is 11.6 Å². The van der Waals surface area contributed by atoms with Crippen LogP contribution < -0.4 is 4.74 Å². The van der Waals surface area contributed by atoms with Gasteiger partial charge in [-0.05, 0) is 65.5 Å². The number of carbonyl (C=O) groups excluding carboxylic acids is 1. The second-order valence-corrected chi connectivity index (χ2v) is 10.4. The predicted molar refractivity (Wildman–Crippen MR) is 133 cm³/mol. The van der Waals surface area contributed by atoms with Crippen molar-refractivity contribution < 1.29 is 19.0 Å². The van der Waals surface area contributed by atoms with Gasteiger partial charge in [0, 0.05) is 10.0 Å². The Bertz CT molecular complexity index is 1120. The van der Waals surface area contributed by atoms with Gasteiger partial charge in [0.2, 0.25) is 0 Å². The van der Waals surface area contributed by atoms with Gasteiger partial charge in [-0.3, -0.25) is 0 Å². The molecule has 6 nitrogen and oxygen atoms in total. The number of hydrogen-bond acceptors (Lipinski definition) is 5. The number of halogens is 1. The molecule has 0 aliphatic carbocycles. The van der Waals surface area contributed by atoms with E-state index in [0.717, 1.165) is 27.2 Å². The molecule has 3 aromatic rings. The Labute approximate surface area is 204 Å². The molecular weight excluding hydrogens is 484 g/mol. The van der Waals surface area contributed by atoms with E-state index in [9.17, 15) is 4.79 Å². The molecule has 0 unspecified atom stereocenters. The first-order valence-electron chi connectivity index (χ1n) is 10.8. The lowest BCUT2D eigenvalue weighted by Gasteiger charge is -2.21. The number of carbonyl (C=O) groups is 1. The zero-order valence-corrected chi connectivity index (χ0v) is 21.6. The summed E-state index contributed by atoms with van der Waals surface area (Å²) in [5, 5.41) is 4.79. The van der Waals surface area contributed by atoms with Crippen LogP contribution in [-0.2, 0) is 20.9 Å². The minimum absolute atomic E-state index is 0.0592. The van der Waals surface area contributed by atoms with Gasteiger partial charge in [0.05, 0.1) is 37.4 Å². The first-order chi connectivity index (χ1) is 15.5. The lowest BCUT2D eigenvalue weighted by atomic mass is 9.99. The van der Waals surface area contributed by atoms with Crippen LogP contribution in [0.25, 0.3) is 16.9 Å². The molecule has 0 radical (unpaired) electrons. The summed E-state index contributed by atoms with van der Waals surface area (Å²) in [6.45, 7) is 10.6. The van der Waals surface area contributed by atoms with Crippen LogP contribution >= 0.6 is 15.9 Å². The molecule has 0 aliphatic heterocycles. The summed E-state index contributed by atoms with van der Waals surface area (Å²) in [5.74, 6) is 0.364. The molecule has 0 saturated carbocycles. The summed E-state index contributed by atoms with van der Waals surface area (Å²) in [5.41, 5.74) is 2.42. The van der Waals surface area contributed by atoms with Gasteiger partial charge in [-0.25, -0.2) is 9.48 Å². The zero-order valence-electron chi connectivity index (χ0n) is 20.0. The number of rotatable bonds is 8. The smallest absolute Gasteiger partial charge is 0.337 e. The molecule has 2 aromatic carbocycles. The fourth-order valence-corrected chi connectivity index (χ4v) is 3.57. The summed E-state index contributed by atoms with van der Waals surface area (Å²) in [6, 6.07) is 17.8. The van der Waals surface area contributed by atoms with E-state index >= 15 is 0 Å². The molecule has 0 saturated heterocycles. The van der Waals surface area contributed by atoms with E-state index in [4.69, 9.17) is 19.3 Å². The molecular formula is C26H31BrN2O4. The number of ether oxygens (including phenoxy) is 3. The normalized spacial score (nSPS) is 12.0. The third-order valence-corrected chi connectivity index (χ3v) is 5.57. The fourth-order valence-electron chi connectivity index (χ4n) is 3.12. The van der Waals surface area contributed by atoms with Crippen molar-refractivity contribution in [2.24, 2.45) is 5.41 Å².